The van der Waals surface area contributed by atoms with Gasteiger partial charge in [0, 0.05) is 19.4 Å². The first-order valence-corrected chi connectivity index (χ1v) is 9.21. The number of hydrazine groups is 1. The van der Waals surface area contributed by atoms with Crippen LogP contribution in [-0.4, -0.2) is 28.9 Å². The van der Waals surface area contributed by atoms with Crippen molar-refractivity contribution in [3.63, 3.8) is 0 Å². The number of halogens is 1. The van der Waals surface area contributed by atoms with Gasteiger partial charge in [-0.2, -0.15) is 0 Å². The number of hydrogen-bond acceptors (Lipinski definition) is 3. The highest BCUT2D eigenvalue weighted by atomic mass is 19.1. The van der Waals surface area contributed by atoms with E-state index in [1.54, 1.807) is 6.08 Å². The van der Waals surface area contributed by atoms with Crippen molar-refractivity contribution in [3.8, 4) is 0 Å². The summed E-state index contributed by atoms with van der Waals surface area (Å²) in [6.07, 6.45) is 12.4. The lowest BCUT2D eigenvalue weighted by atomic mass is 10.1. The molecule has 1 fully saturated rings. The standard InChI is InChI=1S/C21H24FN3/c22-18-10-7-11-19(14-13-18)25-16-20(17-8-3-1-4-9-17)23-21-12-5-2-6-15-24(21)25/h1,3-4,7-9,11,13-14,20H,2,5-6,10,12,15-16H2. The summed E-state index contributed by atoms with van der Waals surface area (Å²) in [7, 11) is 0. The summed E-state index contributed by atoms with van der Waals surface area (Å²) in [5.41, 5.74) is 2.28. The molecule has 2 heterocycles. The second kappa shape index (κ2) is 7.26. The van der Waals surface area contributed by atoms with Crippen molar-refractivity contribution in [1.82, 2.24) is 10.0 Å². The number of rotatable bonds is 2. The van der Waals surface area contributed by atoms with Crippen molar-refractivity contribution in [3.05, 3.63) is 71.7 Å². The molecule has 0 saturated carbocycles. The minimum Gasteiger partial charge on any atom is -0.282 e. The minimum atomic E-state index is -0.0902. The smallest absolute Gasteiger partial charge is 0.118 e. The monoisotopic (exact) mass is 337 g/mol. The number of amidine groups is 1. The molecule has 3 nitrogen and oxygen atoms in total. The van der Waals surface area contributed by atoms with E-state index in [1.807, 2.05) is 24.3 Å². The second-order valence-corrected chi connectivity index (χ2v) is 6.80. The largest absolute Gasteiger partial charge is 0.282 e. The van der Waals surface area contributed by atoms with Gasteiger partial charge in [0.25, 0.3) is 0 Å². The van der Waals surface area contributed by atoms with Gasteiger partial charge in [-0.05, 0) is 36.6 Å². The Hall–Kier alpha value is -2.36. The molecule has 0 spiro atoms. The SMILES string of the molecule is FC1=CC=C(N2CC(c3ccccc3)N=C3CCCCCN32)C=CC1. The summed E-state index contributed by atoms with van der Waals surface area (Å²) in [4.78, 5) is 5.08. The molecule has 25 heavy (non-hydrogen) atoms. The van der Waals surface area contributed by atoms with Crippen LogP contribution in [0.4, 0.5) is 4.39 Å². The summed E-state index contributed by atoms with van der Waals surface area (Å²) >= 11 is 0. The minimum absolute atomic E-state index is 0.0902. The normalized spacial score (nSPS) is 23.9. The van der Waals surface area contributed by atoms with Crippen LogP contribution in [0.1, 0.15) is 43.7 Å². The lowest BCUT2D eigenvalue weighted by Gasteiger charge is -2.43. The maximum absolute atomic E-state index is 13.6. The molecule has 1 unspecified atom stereocenters. The zero-order valence-electron chi connectivity index (χ0n) is 14.4. The topological polar surface area (TPSA) is 18.8 Å². The Labute approximate surface area is 148 Å². The van der Waals surface area contributed by atoms with Gasteiger partial charge in [-0.3, -0.25) is 15.0 Å². The Balaban J connectivity index is 1.71. The Morgan fingerprint density at radius 3 is 2.76 bits per heavy atom. The van der Waals surface area contributed by atoms with E-state index in [0.717, 1.165) is 25.2 Å². The Morgan fingerprint density at radius 1 is 1.00 bits per heavy atom. The van der Waals surface area contributed by atoms with E-state index in [4.69, 9.17) is 4.99 Å². The van der Waals surface area contributed by atoms with E-state index in [-0.39, 0.29) is 11.9 Å². The number of benzene rings is 1. The van der Waals surface area contributed by atoms with Crippen molar-refractivity contribution >= 4 is 5.84 Å². The molecule has 0 radical (unpaired) electrons. The molecular formula is C21H24FN3. The first-order valence-electron chi connectivity index (χ1n) is 9.21. The molecule has 0 amide bonds. The Bertz CT molecular complexity index is 733. The summed E-state index contributed by atoms with van der Waals surface area (Å²) in [5.74, 6) is 1.08. The van der Waals surface area contributed by atoms with Gasteiger partial charge in [-0.1, -0.05) is 42.8 Å². The van der Waals surface area contributed by atoms with Crippen molar-refractivity contribution in [2.75, 3.05) is 13.1 Å². The molecule has 1 aromatic carbocycles. The van der Waals surface area contributed by atoms with Gasteiger partial charge >= 0.3 is 0 Å². The van der Waals surface area contributed by atoms with Gasteiger partial charge in [0.15, 0.2) is 0 Å². The van der Waals surface area contributed by atoms with Crippen molar-refractivity contribution in [1.29, 1.82) is 0 Å². The predicted molar refractivity (Wildman–Crippen MR) is 99.5 cm³/mol. The number of allylic oxidation sites excluding steroid dienone is 5. The predicted octanol–water partition coefficient (Wildman–Crippen LogP) is 4.93. The third kappa shape index (κ3) is 3.53. The van der Waals surface area contributed by atoms with E-state index in [1.165, 1.54) is 30.7 Å². The Kier molecular flexibility index (Phi) is 4.68. The lowest BCUT2D eigenvalue weighted by Crippen LogP contribution is -2.50. The third-order valence-corrected chi connectivity index (χ3v) is 5.03. The molecule has 1 saturated heterocycles. The van der Waals surface area contributed by atoms with E-state index in [2.05, 4.69) is 34.3 Å². The van der Waals surface area contributed by atoms with Crippen molar-refractivity contribution < 1.29 is 4.39 Å². The lowest BCUT2D eigenvalue weighted by molar-refractivity contribution is 0.0690. The fourth-order valence-corrected chi connectivity index (χ4v) is 3.72. The molecule has 1 aromatic rings. The van der Waals surface area contributed by atoms with Crippen LogP contribution in [0, 0.1) is 0 Å². The quantitative estimate of drug-likeness (QED) is 0.762. The van der Waals surface area contributed by atoms with Crippen LogP contribution < -0.4 is 0 Å². The molecule has 0 N–H and O–H groups in total. The molecule has 3 aliphatic rings. The fourth-order valence-electron chi connectivity index (χ4n) is 3.72. The molecule has 1 aliphatic carbocycles. The summed E-state index contributed by atoms with van der Waals surface area (Å²) in [5, 5.41) is 4.62. The number of fused-ring (bicyclic) bond motifs is 1. The third-order valence-electron chi connectivity index (χ3n) is 5.03. The average Bonchev–Trinajstić information content (AvgIpc) is 3.01. The van der Waals surface area contributed by atoms with E-state index < -0.39 is 0 Å². The highest BCUT2D eigenvalue weighted by molar-refractivity contribution is 5.83. The van der Waals surface area contributed by atoms with Gasteiger partial charge in [0.1, 0.15) is 11.7 Å². The molecule has 4 rings (SSSR count). The van der Waals surface area contributed by atoms with Gasteiger partial charge in [0.05, 0.1) is 18.3 Å². The molecule has 0 bridgehead atoms. The van der Waals surface area contributed by atoms with Gasteiger partial charge < -0.3 is 0 Å². The van der Waals surface area contributed by atoms with Crippen molar-refractivity contribution in [2.45, 2.75) is 38.1 Å². The van der Waals surface area contributed by atoms with E-state index in [0.29, 0.717) is 6.42 Å². The van der Waals surface area contributed by atoms with Gasteiger partial charge in [-0.15, -0.1) is 0 Å². The molecule has 1 atom stereocenters. The highest BCUT2D eigenvalue weighted by Gasteiger charge is 2.30. The van der Waals surface area contributed by atoms with Crippen LogP contribution in [0.2, 0.25) is 0 Å². The zero-order valence-corrected chi connectivity index (χ0v) is 14.4. The molecule has 4 heteroatoms. The van der Waals surface area contributed by atoms with Crippen LogP contribution in [0.5, 0.6) is 0 Å². The maximum atomic E-state index is 13.6. The molecular weight excluding hydrogens is 313 g/mol. The van der Waals surface area contributed by atoms with Crippen molar-refractivity contribution in [2.24, 2.45) is 4.99 Å². The molecule has 130 valence electrons. The van der Waals surface area contributed by atoms with Crippen LogP contribution in [0.15, 0.2) is 71.2 Å². The molecule has 2 aliphatic heterocycles. The zero-order chi connectivity index (χ0) is 17.1. The summed E-state index contributed by atoms with van der Waals surface area (Å²) in [6.45, 7) is 1.77. The number of aliphatic imine (C=N–C) groups is 1. The van der Waals surface area contributed by atoms with E-state index >= 15 is 0 Å². The van der Waals surface area contributed by atoms with Crippen LogP contribution >= 0.6 is 0 Å². The summed E-state index contributed by atoms with van der Waals surface area (Å²) < 4.78 is 13.6. The first kappa shape index (κ1) is 16.1. The van der Waals surface area contributed by atoms with Gasteiger partial charge in [-0.25, -0.2) is 4.39 Å². The van der Waals surface area contributed by atoms with Gasteiger partial charge in [0.2, 0.25) is 0 Å². The maximum Gasteiger partial charge on any atom is 0.118 e. The Morgan fingerprint density at radius 2 is 1.88 bits per heavy atom. The fraction of sp³-hybridized carbons (Fsp3) is 0.381. The molecule has 0 aromatic heterocycles. The number of nitrogens with zero attached hydrogens (tertiary/aromatic N) is 3. The first-order chi connectivity index (χ1) is 12.3. The van der Waals surface area contributed by atoms with Crippen LogP contribution in [-0.2, 0) is 0 Å². The second-order valence-electron chi connectivity index (χ2n) is 6.80. The van der Waals surface area contributed by atoms with E-state index in [9.17, 15) is 4.39 Å². The van der Waals surface area contributed by atoms with Crippen LogP contribution in [0.3, 0.4) is 0 Å². The average molecular weight is 337 g/mol. The number of hydrogen-bond donors (Lipinski definition) is 0. The summed E-state index contributed by atoms with van der Waals surface area (Å²) in [6, 6.07) is 10.6. The van der Waals surface area contributed by atoms with Crippen LogP contribution in [0.25, 0.3) is 0 Å². The highest BCUT2D eigenvalue weighted by Crippen LogP contribution is 2.31.